The van der Waals surface area contributed by atoms with E-state index in [-0.39, 0.29) is 11.8 Å². The quantitative estimate of drug-likeness (QED) is 0.820. The molecule has 1 fully saturated rings. The van der Waals surface area contributed by atoms with E-state index in [4.69, 9.17) is 5.73 Å². The SMILES string of the molecule is Nc1cccc(CNC(=O)C2CCCCCCC2)c1. The van der Waals surface area contributed by atoms with E-state index >= 15 is 0 Å². The molecule has 0 atom stereocenters. The lowest BCUT2D eigenvalue weighted by molar-refractivity contribution is -0.125. The minimum absolute atomic E-state index is 0.210. The van der Waals surface area contributed by atoms with Crippen LogP contribution < -0.4 is 11.1 Å². The maximum absolute atomic E-state index is 12.2. The molecule has 1 aromatic carbocycles. The lowest BCUT2D eigenvalue weighted by atomic mass is 9.90. The van der Waals surface area contributed by atoms with E-state index in [1.165, 1.54) is 32.1 Å². The van der Waals surface area contributed by atoms with Gasteiger partial charge in [-0.05, 0) is 30.5 Å². The molecular weight excluding hydrogens is 236 g/mol. The highest BCUT2D eigenvalue weighted by Crippen LogP contribution is 2.22. The predicted molar refractivity (Wildman–Crippen MR) is 78.5 cm³/mol. The molecule has 1 amide bonds. The van der Waals surface area contributed by atoms with Gasteiger partial charge in [0.25, 0.3) is 0 Å². The molecule has 0 radical (unpaired) electrons. The molecule has 104 valence electrons. The van der Waals surface area contributed by atoms with Gasteiger partial charge in [-0.15, -0.1) is 0 Å². The van der Waals surface area contributed by atoms with Crippen LogP contribution >= 0.6 is 0 Å². The predicted octanol–water partition coefficient (Wildman–Crippen LogP) is 3.25. The number of nitrogens with two attached hydrogens (primary N) is 1. The fraction of sp³-hybridized carbons (Fsp3) is 0.562. The lowest BCUT2D eigenvalue weighted by Gasteiger charge is -2.19. The van der Waals surface area contributed by atoms with Crippen molar-refractivity contribution in [3.63, 3.8) is 0 Å². The molecule has 0 unspecified atom stereocenters. The number of nitrogens with one attached hydrogen (secondary N) is 1. The largest absolute Gasteiger partial charge is 0.399 e. The number of hydrogen-bond acceptors (Lipinski definition) is 2. The Morgan fingerprint density at radius 2 is 1.84 bits per heavy atom. The summed E-state index contributed by atoms with van der Waals surface area (Å²) < 4.78 is 0. The van der Waals surface area contributed by atoms with Gasteiger partial charge in [0, 0.05) is 18.2 Å². The highest BCUT2D eigenvalue weighted by molar-refractivity contribution is 5.78. The zero-order chi connectivity index (χ0) is 13.5. The Bertz CT molecular complexity index is 409. The Labute approximate surface area is 115 Å². The molecule has 0 saturated heterocycles. The zero-order valence-corrected chi connectivity index (χ0v) is 11.5. The second kappa shape index (κ2) is 7.17. The van der Waals surface area contributed by atoms with Crippen molar-refractivity contribution in [3.8, 4) is 0 Å². The fourth-order valence-corrected chi connectivity index (χ4v) is 2.75. The Balaban J connectivity index is 1.82. The number of hydrogen-bond donors (Lipinski definition) is 2. The van der Waals surface area contributed by atoms with Crippen molar-refractivity contribution in [1.82, 2.24) is 5.32 Å². The number of benzene rings is 1. The van der Waals surface area contributed by atoms with E-state index in [0.717, 1.165) is 24.1 Å². The minimum Gasteiger partial charge on any atom is -0.399 e. The molecule has 0 spiro atoms. The molecule has 19 heavy (non-hydrogen) atoms. The molecule has 2 rings (SSSR count). The van der Waals surface area contributed by atoms with Crippen molar-refractivity contribution in [2.24, 2.45) is 5.92 Å². The average molecular weight is 260 g/mol. The Morgan fingerprint density at radius 3 is 2.53 bits per heavy atom. The number of carbonyl (C=O) groups is 1. The molecule has 0 bridgehead atoms. The van der Waals surface area contributed by atoms with Crippen LogP contribution in [0.25, 0.3) is 0 Å². The number of rotatable bonds is 3. The van der Waals surface area contributed by atoms with Crippen LogP contribution in [0.15, 0.2) is 24.3 Å². The van der Waals surface area contributed by atoms with Crippen molar-refractivity contribution in [3.05, 3.63) is 29.8 Å². The molecule has 3 nitrogen and oxygen atoms in total. The molecule has 3 heteroatoms. The van der Waals surface area contributed by atoms with Crippen LogP contribution in [0.2, 0.25) is 0 Å². The van der Waals surface area contributed by atoms with E-state index in [0.29, 0.717) is 6.54 Å². The second-order valence-corrected chi connectivity index (χ2v) is 5.50. The normalized spacial score (nSPS) is 17.5. The van der Waals surface area contributed by atoms with Crippen LogP contribution in [0.1, 0.15) is 50.5 Å². The molecule has 1 aliphatic carbocycles. The Kier molecular flexibility index (Phi) is 5.25. The van der Waals surface area contributed by atoms with Crippen LogP contribution in [-0.4, -0.2) is 5.91 Å². The minimum atomic E-state index is 0.210. The molecular formula is C16H24N2O. The summed E-state index contributed by atoms with van der Waals surface area (Å²) in [6, 6.07) is 7.69. The van der Waals surface area contributed by atoms with Gasteiger partial charge in [-0.1, -0.05) is 44.2 Å². The Morgan fingerprint density at radius 1 is 1.16 bits per heavy atom. The second-order valence-electron chi connectivity index (χ2n) is 5.50. The van der Waals surface area contributed by atoms with Gasteiger partial charge in [0.2, 0.25) is 5.91 Å². The number of carbonyl (C=O) groups excluding carboxylic acids is 1. The van der Waals surface area contributed by atoms with Crippen LogP contribution in [0, 0.1) is 5.92 Å². The summed E-state index contributed by atoms with van der Waals surface area (Å²) in [5, 5.41) is 3.05. The van der Waals surface area contributed by atoms with Gasteiger partial charge in [0.05, 0.1) is 0 Å². The van der Waals surface area contributed by atoms with Crippen molar-refractivity contribution in [2.75, 3.05) is 5.73 Å². The van der Waals surface area contributed by atoms with Crippen LogP contribution in [0.4, 0.5) is 5.69 Å². The van der Waals surface area contributed by atoms with E-state index in [9.17, 15) is 4.79 Å². The summed E-state index contributed by atoms with van der Waals surface area (Å²) in [6.45, 7) is 0.584. The molecule has 0 heterocycles. The maximum Gasteiger partial charge on any atom is 0.223 e. The molecule has 3 N–H and O–H groups in total. The summed E-state index contributed by atoms with van der Waals surface area (Å²) in [5.74, 6) is 0.422. The van der Waals surface area contributed by atoms with Crippen molar-refractivity contribution >= 4 is 11.6 Å². The third-order valence-electron chi connectivity index (χ3n) is 3.89. The van der Waals surface area contributed by atoms with Gasteiger partial charge >= 0.3 is 0 Å². The monoisotopic (exact) mass is 260 g/mol. The summed E-state index contributed by atoms with van der Waals surface area (Å²) in [5.41, 5.74) is 7.55. The van der Waals surface area contributed by atoms with Crippen LogP contribution in [0.5, 0.6) is 0 Å². The molecule has 0 aromatic heterocycles. The summed E-state index contributed by atoms with van der Waals surface area (Å²) in [7, 11) is 0. The first kappa shape index (κ1) is 13.9. The first-order valence-corrected chi connectivity index (χ1v) is 7.38. The zero-order valence-electron chi connectivity index (χ0n) is 11.5. The van der Waals surface area contributed by atoms with Gasteiger partial charge in [0.1, 0.15) is 0 Å². The fourth-order valence-electron chi connectivity index (χ4n) is 2.75. The number of anilines is 1. The van der Waals surface area contributed by atoms with Crippen molar-refractivity contribution in [1.29, 1.82) is 0 Å². The van der Waals surface area contributed by atoms with Crippen molar-refractivity contribution < 1.29 is 4.79 Å². The molecule has 1 aliphatic rings. The topological polar surface area (TPSA) is 55.1 Å². The third kappa shape index (κ3) is 4.58. The summed E-state index contributed by atoms with van der Waals surface area (Å²) >= 11 is 0. The first-order valence-electron chi connectivity index (χ1n) is 7.38. The number of nitrogen functional groups attached to an aromatic ring is 1. The highest BCUT2D eigenvalue weighted by Gasteiger charge is 2.18. The van der Waals surface area contributed by atoms with Crippen LogP contribution in [-0.2, 0) is 11.3 Å². The van der Waals surface area contributed by atoms with Gasteiger partial charge in [-0.3, -0.25) is 4.79 Å². The highest BCUT2D eigenvalue weighted by atomic mass is 16.1. The third-order valence-corrected chi connectivity index (χ3v) is 3.89. The summed E-state index contributed by atoms with van der Waals surface area (Å²) in [6.07, 6.45) is 8.36. The molecule has 1 aromatic rings. The van der Waals surface area contributed by atoms with Crippen molar-refractivity contribution in [2.45, 2.75) is 51.5 Å². The standard InChI is InChI=1S/C16H24N2O/c17-15-10-6-7-13(11-15)12-18-16(19)14-8-4-2-1-3-5-9-14/h6-7,10-11,14H,1-5,8-9,12,17H2,(H,18,19). The van der Waals surface area contributed by atoms with Gasteiger partial charge in [-0.2, -0.15) is 0 Å². The smallest absolute Gasteiger partial charge is 0.223 e. The average Bonchev–Trinajstić information content (AvgIpc) is 2.36. The van der Waals surface area contributed by atoms with Gasteiger partial charge in [0.15, 0.2) is 0 Å². The first-order chi connectivity index (χ1) is 9.25. The lowest BCUT2D eigenvalue weighted by Crippen LogP contribution is -2.30. The Hall–Kier alpha value is -1.51. The van der Waals surface area contributed by atoms with E-state index < -0.39 is 0 Å². The van der Waals surface area contributed by atoms with E-state index in [1.807, 2.05) is 24.3 Å². The van der Waals surface area contributed by atoms with Gasteiger partial charge in [-0.25, -0.2) is 0 Å². The number of amides is 1. The van der Waals surface area contributed by atoms with Crippen LogP contribution in [0.3, 0.4) is 0 Å². The molecule has 0 aliphatic heterocycles. The van der Waals surface area contributed by atoms with E-state index in [2.05, 4.69) is 5.32 Å². The molecule has 1 saturated carbocycles. The van der Waals surface area contributed by atoms with E-state index in [1.54, 1.807) is 0 Å². The maximum atomic E-state index is 12.2. The summed E-state index contributed by atoms with van der Waals surface area (Å²) in [4.78, 5) is 12.2. The van der Waals surface area contributed by atoms with Gasteiger partial charge < -0.3 is 11.1 Å².